The van der Waals surface area contributed by atoms with Crippen LogP contribution < -0.4 is 16.0 Å². The predicted molar refractivity (Wildman–Crippen MR) is 75.9 cm³/mol. The molecule has 0 aliphatic rings. The van der Waals surface area contributed by atoms with E-state index in [1.54, 1.807) is 0 Å². The van der Waals surface area contributed by atoms with E-state index in [9.17, 15) is 9.18 Å². The van der Waals surface area contributed by atoms with E-state index in [4.69, 9.17) is 27.5 Å². The summed E-state index contributed by atoms with van der Waals surface area (Å²) in [5.41, 5.74) is 5.63. The monoisotopic (exact) mass is 309 g/mol. The van der Waals surface area contributed by atoms with Gasteiger partial charge in [-0.25, -0.2) is 4.39 Å². The van der Waals surface area contributed by atoms with Crippen LogP contribution in [0.15, 0.2) is 30.5 Å². The first-order valence-electron chi connectivity index (χ1n) is 5.99. The molecule has 2 rings (SSSR count). The Labute approximate surface area is 125 Å². The summed E-state index contributed by atoms with van der Waals surface area (Å²) in [7, 11) is 1.47. The van der Waals surface area contributed by atoms with Crippen molar-refractivity contribution < 1.29 is 13.9 Å². The summed E-state index contributed by atoms with van der Waals surface area (Å²) in [5, 5.41) is 8.23. The van der Waals surface area contributed by atoms with Gasteiger partial charge in [-0.3, -0.25) is 10.2 Å². The summed E-state index contributed by atoms with van der Waals surface area (Å²) in [6, 6.07) is 5.40. The minimum absolute atomic E-state index is 0.00197. The van der Waals surface area contributed by atoms with Gasteiger partial charge in [-0.05, 0) is 24.3 Å². The molecule has 5 nitrogen and oxygen atoms in total. The second-order valence-electron chi connectivity index (χ2n) is 4.37. The highest BCUT2D eigenvalue weighted by atomic mass is 35.5. The molecule has 7 heteroatoms. The number of nitrogens with two attached hydrogens (primary N) is 1. The van der Waals surface area contributed by atoms with Gasteiger partial charge in [0.15, 0.2) is 0 Å². The first-order valence-corrected chi connectivity index (χ1v) is 6.37. The number of primary amides is 1. The lowest BCUT2D eigenvalue weighted by Crippen LogP contribution is -2.29. The first-order chi connectivity index (χ1) is 9.92. The summed E-state index contributed by atoms with van der Waals surface area (Å²) >= 11 is 5.92. The average molecular weight is 310 g/mol. The number of rotatable bonds is 4. The molecule has 0 fully saturated rings. The van der Waals surface area contributed by atoms with Crippen molar-refractivity contribution in [3.63, 3.8) is 0 Å². The molecule has 0 saturated heterocycles. The van der Waals surface area contributed by atoms with Gasteiger partial charge in [-0.1, -0.05) is 11.6 Å². The predicted octanol–water partition coefficient (Wildman–Crippen LogP) is 1.92. The van der Waals surface area contributed by atoms with E-state index in [-0.39, 0.29) is 22.6 Å². The largest absolute Gasteiger partial charge is 0.496 e. The van der Waals surface area contributed by atoms with Gasteiger partial charge in [0.25, 0.3) is 5.91 Å². The molecule has 1 amide bonds. The standard InChI is InChI=1S/C14H13ClFN3O2/c1-21-12-3-2-10(16)4-8(12)6-19-7-9(15)5-11(13(19)17)14(18)20/h2-5,7,17H,6H2,1H3,(H2,18,20). The molecule has 0 aliphatic heterocycles. The molecule has 21 heavy (non-hydrogen) atoms. The van der Waals surface area contributed by atoms with Crippen molar-refractivity contribution in [3.8, 4) is 5.75 Å². The molecule has 0 saturated carbocycles. The Bertz CT molecular complexity index is 758. The normalized spacial score (nSPS) is 10.4. The van der Waals surface area contributed by atoms with Crippen LogP contribution in [-0.2, 0) is 6.54 Å². The number of aromatic nitrogens is 1. The van der Waals surface area contributed by atoms with Crippen LogP contribution in [0.4, 0.5) is 4.39 Å². The molecule has 0 atom stereocenters. The van der Waals surface area contributed by atoms with Crippen LogP contribution >= 0.6 is 11.6 Å². The third-order valence-corrected chi connectivity index (χ3v) is 3.16. The summed E-state index contributed by atoms with van der Waals surface area (Å²) in [6.45, 7) is 0.126. The number of amides is 1. The molecular formula is C14H13ClFN3O2. The molecule has 2 aromatic rings. The molecule has 1 aromatic carbocycles. The molecule has 3 N–H and O–H groups in total. The molecule has 0 bridgehead atoms. The highest BCUT2D eigenvalue weighted by Gasteiger charge is 2.11. The molecule has 0 spiro atoms. The maximum atomic E-state index is 13.4. The zero-order valence-electron chi connectivity index (χ0n) is 11.2. The van der Waals surface area contributed by atoms with Crippen molar-refractivity contribution in [2.45, 2.75) is 6.54 Å². The molecule has 0 radical (unpaired) electrons. The Morgan fingerprint density at radius 1 is 1.48 bits per heavy atom. The highest BCUT2D eigenvalue weighted by Crippen LogP contribution is 2.20. The highest BCUT2D eigenvalue weighted by molar-refractivity contribution is 6.30. The van der Waals surface area contributed by atoms with Crippen LogP contribution in [0.3, 0.4) is 0 Å². The van der Waals surface area contributed by atoms with Crippen LogP contribution in [0.1, 0.15) is 15.9 Å². The molecule has 1 heterocycles. The van der Waals surface area contributed by atoms with E-state index >= 15 is 0 Å². The Kier molecular flexibility index (Phi) is 4.28. The van der Waals surface area contributed by atoms with Crippen molar-refractivity contribution >= 4 is 17.5 Å². The van der Waals surface area contributed by atoms with Gasteiger partial charge in [0.05, 0.1) is 24.2 Å². The van der Waals surface area contributed by atoms with Gasteiger partial charge in [0.2, 0.25) is 0 Å². The number of pyridine rings is 1. The minimum atomic E-state index is -0.748. The van der Waals surface area contributed by atoms with Crippen LogP contribution in [0.2, 0.25) is 5.02 Å². The van der Waals surface area contributed by atoms with E-state index < -0.39 is 11.7 Å². The Hall–Kier alpha value is -2.34. The summed E-state index contributed by atoms with van der Waals surface area (Å²) in [6.07, 6.45) is 1.47. The fourth-order valence-electron chi connectivity index (χ4n) is 1.98. The molecule has 110 valence electrons. The lowest BCUT2D eigenvalue weighted by molar-refractivity contribution is 0.0998. The lowest BCUT2D eigenvalue weighted by Gasteiger charge is -2.13. The number of benzene rings is 1. The molecular weight excluding hydrogens is 297 g/mol. The first kappa shape index (κ1) is 15.1. The van der Waals surface area contributed by atoms with Crippen LogP contribution in [0, 0.1) is 11.2 Å². The van der Waals surface area contributed by atoms with E-state index in [1.165, 1.54) is 42.1 Å². The van der Waals surface area contributed by atoms with Gasteiger partial charge in [-0.15, -0.1) is 0 Å². The fraction of sp³-hybridized carbons (Fsp3) is 0.143. The van der Waals surface area contributed by atoms with Gasteiger partial charge < -0.3 is 15.0 Å². The van der Waals surface area contributed by atoms with Crippen molar-refractivity contribution in [1.29, 1.82) is 5.41 Å². The zero-order chi connectivity index (χ0) is 15.6. The van der Waals surface area contributed by atoms with Gasteiger partial charge in [0, 0.05) is 11.8 Å². The van der Waals surface area contributed by atoms with E-state index in [0.29, 0.717) is 11.3 Å². The average Bonchev–Trinajstić information content (AvgIpc) is 2.42. The smallest absolute Gasteiger partial charge is 0.252 e. The second-order valence-corrected chi connectivity index (χ2v) is 4.81. The number of methoxy groups -OCH3 is 1. The van der Waals surface area contributed by atoms with Gasteiger partial charge in [0.1, 0.15) is 17.1 Å². The topological polar surface area (TPSA) is 81.1 Å². The summed E-state index contributed by atoms with van der Waals surface area (Å²) in [4.78, 5) is 11.3. The van der Waals surface area contributed by atoms with Crippen molar-refractivity contribution in [3.05, 3.63) is 57.9 Å². The van der Waals surface area contributed by atoms with Crippen molar-refractivity contribution in [2.75, 3.05) is 7.11 Å². The molecule has 0 unspecified atom stereocenters. The summed E-state index contributed by atoms with van der Waals surface area (Å²) < 4.78 is 19.9. The van der Waals surface area contributed by atoms with Crippen molar-refractivity contribution in [2.24, 2.45) is 5.73 Å². The van der Waals surface area contributed by atoms with E-state index in [1.807, 2.05) is 0 Å². The van der Waals surface area contributed by atoms with Crippen LogP contribution in [0.25, 0.3) is 0 Å². The number of carbonyl (C=O) groups excluding carboxylic acids is 1. The maximum absolute atomic E-state index is 13.4. The molecule has 1 aromatic heterocycles. The van der Waals surface area contributed by atoms with Crippen LogP contribution in [0.5, 0.6) is 5.75 Å². The van der Waals surface area contributed by atoms with Gasteiger partial charge >= 0.3 is 0 Å². The van der Waals surface area contributed by atoms with Crippen LogP contribution in [-0.4, -0.2) is 17.6 Å². The van der Waals surface area contributed by atoms with E-state index in [2.05, 4.69) is 0 Å². The fourth-order valence-corrected chi connectivity index (χ4v) is 2.21. The SMILES string of the molecule is COc1ccc(F)cc1Cn1cc(Cl)cc(C(N)=O)c1=N. The third-order valence-electron chi connectivity index (χ3n) is 2.95. The summed E-state index contributed by atoms with van der Waals surface area (Å²) in [5.74, 6) is -0.693. The number of hydrogen-bond donors (Lipinski definition) is 2. The zero-order valence-corrected chi connectivity index (χ0v) is 11.9. The Balaban J connectivity index is 2.52. The number of ether oxygens (including phenoxy) is 1. The number of carbonyl (C=O) groups is 1. The van der Waals surface area contributed by atoms with Gasteiger partial charge in [-0.2, -0.15) is 0 Å². The molecule has 0 aliphatic carbocycles. The second kappa shape index (κ2) is 5.97. The number of halogens is 2. The number of hydrogen-bond acceptors (Lipinski definition) is 3. The maximum Gasteiger partial charge on any atom is 0.252 e. The van der Waals surface area contributed by atoms with Crippen molar-refractivity contribution in [1.82, 2.24) is 4.57 Å². The van der Waals surface area contributed by atoms with E-state index in [0.717, 1.165) is 0 Å². The quantitative estimate of drug-likeness (QED) is 0.904. The number of nitrogens with zero attached hydrogens (tertiary/aromatic N) is 1. The number of nitrogens with one attached hydrogen (secondary N) is 1. The minimum Gasteiger partial charge on any atom is -0.496 e. The Morgan fingerprint density at radius 3 is 2.81 bits per heavy atom. The third kappa shape index (κ3) is 3.22. The Morgan fingerprint density at radius 2 is 2.19 bits per heavy atom. The lowest BCUT2D eigenvalue weighted by atomic mass is 10.2.